The summed E-state index contributed by atoms with van der Waals surface area (Å²) in [6.07, 6.45) is 1.75. The maximum atomic E-state index is 15.6. The Bertz CT molecular complexity index is 1950. The number of halogens is 2. The van der Waals surface area contributed by atoms with Crippen LogP contribution in [0.3, 0.4) is 0 Å². The molecule has 43 heavy (non-hydrogen) atoms. The molecule has 0 fully saturated rings. The Kier molecular flexibility index (Phi) is 7.43. The molecule has 0 bridgehead atoms. The van der Waals surface area contributed by atoms with Gasteiger partial charge in [-0.3, -0.25) is 4.68 Å². The van der Waals surface area contributed by atoms with Gasteiger partial charge in [0.2, 0.25) is 0 Å². The van der Waals surface area contributed by atoms with Crippen molar-refractivity contribution in [2.24, 2.45) is 0 Å². The van der Waals surface area contributed by atoms with Crippen LogP contribution >= 0.6 is 0 Å². The SMILES string of the molecule is COCCn1nccc1-c1ccc(-c2ccc(-c3c(F)cc4[nH]c(Oc5ccc(C)c(C(=O)O)c5)nc4c3F)cc2)cc1. The molecule has 0 spiro atoms. The first kappa shape index (κ1) is 27.8. The van der Waals surface area contributed by atoms with Crippen LogP contribution in [0.4, 0.5) is 8.78 Å². The smallest absolute Gasteiger partial charge is 0.336 e. The molecule has 0 unspecified atom stereocenters. The number of imidazole rings is 1. The van der Waals surface area contributed by atoms with Gasteiger partial charge in [-0.05, 0) is 52.9 Å². The van der Waals surface area contributed by atoms with E-state index in [0.717, 1.165) is 28.5 Å². The number of aromatic nitrogens is 4. The number of H-pyrrole nitrogens is 1. The number of nitrogens with one attached hydrogen (secondary N) is 1. The van der Waals surface area contributed by atoms with E-state index in [0.29, 0.717) is 24.3 Å². The lowest BCUT2D eigenvalue weighted by Crippen LogP contribution is -2.07. The highest BCUT2D eigenvalue weighted by atomic mass is 19.1. The first-order valence-corrected chi connectivity index (χ1v) is 13.4. The second kappa shape index (κ2) is 11.5. The van der Waals surface area contributed by atoms with E-state index in [1.807, 2.05) is 47.1 Å². The largest absolute Gasteiger partial charge is 0.478 e. The lowest BCUT2D eigenvalue weighted by molar-refractivity contribution is 0.0695. The summed E-state index contributed by atoms with van der Waals surface area (Å²) < 4.78 is 43.5. The van der Waals surface area contributed by atoms with E-state index in [-0.39, 0.29) is 33.9 Å². The van der Waals surface area contributed by atoms with Crippen molar-refractivity contribution in [2.45, 2.75) is 13.5 Å². The van der Waals surface area contributed by atoms with E-state index in [1.54, 1.807) is 44.5 Å². The Morgan fingerprint density at radius 3 is 2.28 bits per heavy atom. The number of aromatic carboxylic acids is 1. The molecule has 0 amide bonds. The number of fused-ring (bicyclic) bond motifs is 1. The van der Waals surface area contributed by atoms with E-state index in [9.17, 15) is 9.90 Å². The van der Waals surface area contributed by atoms with Gasteiger partial charge in [-0.15, -0.1) is 0 Å². The number of aromatic amines is 1. The van der Waals surface area contributed by atoms with Gasteiger partial charge in [0, 0.05) is 19.4 Å². The van der Waals surface area contributed by atoms with Crippen LogP contribution in [-0.2, 0) is 11.3 Å². The minimum absolute atomic E-state index is 0.0675. The third kappa shape index (κ3) is 5.47. The van der Waals surface area contributed by atoms with Crippen molar-refractivity contribution in [2.75, 3.05) is 13.7 Å². The molecule has 0 aliphatic carbocycles. The van der Waals surface area contributed by atoms with Gasteiger partial charge in [-0.1, -0.05) is 54.6 Å². The first-order chi connectivity index (χ1) is 20.8. The molecule has 4 aromatic carbocycles. The molecule has 0 aliphatic heterocycles. The van der Waals surface area contributed by atoms with Crippen LogP contribution in [0, 0.1) is 18.6 Å². The molecule has 0 aliphatic rings. The van der Waals surface area contributed by atoms with Crippen molar-refractivity contribution in [1.29, 1.82) is 0 Å². The van der Waals surface area contributed by atoms with Crippen LogP contribution in [0.25, 0.3) is 44.5 Å². The minimum Gasteiger partial charge on any atom is -0.478 e. The minimum atomic E-state index is -1.10. The van der Waals surface area contributed by atoms with Crippen LogP contribution in [0.2, 0.25) is 0 Å². The summed E-state index contributed by atoms with van der Waals surface area (Å²) in [6, 6.07) is 22.5. The second-order valence-electron chi connectivity index (χ2n) is 9.96. The van der Waals surface area contributed by atoms with Crippen LogP contribution < -0.4 is 4.74 Å². The molecular weight excluding hydrogens is 554 g/mol. The highest BCUT2D eigenvalue weighted by molar-refractivity contribution is 5.90. The van der Waals surface area contributed by atoms with Gasteiger partial charge < -0.3 is 19.6 Å². The molecule has 216 valence electrons. The Morgan fingerprint density at radius 2 is 1.60 bits per heavy atom. The van der Waals surface area contributed by atoms with Gasteiger partial charge in [-0.25, -0.2) is 13.6 Å². The van der Waals surface area contributed by atoms with Crippen molar-refractivity contribution in [1.82, 2.24) is 19.7 Å². The maximum Gasteiger partial charge on any atom is 0.336 e. The highest BCUT2D eigenvalue weighted by Gasteiger charge is 2.20. The van der Waals surface area contributed by atoms with Gasteiger partial charge in [0.25, 0.3) is 6.01 Å². The number of carbonyl (C=O) groups is 1. The Labute approximate surface area is 245 Å². The van der Waals surface area contributed by atoms with E-state index >= 15 is 8.78 Å². The lowest BCUT2D eigenvalue weighted by Gasteiger charge is -2.10. The standard InChI is InChI=1S/C33H26F2N4O4/c1-19-3-12-24(17-25(19)32(40)41)43-33-37-27-18-26(34)29(30(35)31(27)38-33)23-10-6-21(7-11-23)20-4-8-22(9-5-20)28-13-14-36-39(28)15-16-42-2/h3-14,17-18H,15-16H2,1-2H3,(H,37,38)(H,40,41). The molecule has 6 aromatic rings. The van der Waals surface area contributed by atoms with E-state index in [2.05, 4.69) is 15.1 Å². The van der Waals surface area contributed by atoms with Crippen molar-refractivity contribution >= 4 is 17.0 Å². The number of aryl methyl sites for hydroxylation is 1. The van der Waals surface area contributed by atoms with Gasteiger partial charge in [-0.2, -0.15) is 10.1 Å². The van der Waals surface area contributed by atoms with Crippen LogP contribution in [0.5, 0.6) is 11.8 Å². The maximum absolute atomic E-state index is 15.6. The number of rotatable bonds is 9. The number of carboxylic acid groups (broad SMARTS) is 1. The van der Waals surface area contributed by atoms with Crippen LogP contribution in [0.15, 0.2) is 85.1 Å². The number of carboxylic acids is 1. The van der Waals surface area contributed by atoms with Gasteiger partial charge in [0.1, 0.15) is 17.1 Å². The molecule has 10 heteroatoms. The Morgan fingerprint density at radius 1 is 0.930 bits per heavy atom. The van der Waals surface area contributed by atoms with E-state index in [1.165, 1.54) is 6.07 Å². The quantitative estimate of drug-likeness (QED) is 0.184. The molecule has 2 N–H and O–H groups in total. The van der Waals surface area contributed by atoms with Crippen molar-refractivity contribution in [3.8, 4) is 45.3 Å². The van der Waals surface area contributed by atoms with E-state index in [4.69, 9.17) is 9.47 Å². The molecule has 0 radical (unpaired) electrons. The van der Waals surface area contributed by atoms with Crippen LogP contribution in [0.1, 0.15) is 15.9 Å². The zero-order valence-electron chi connectivity index (χ0n) is 23.3. The summed E-state index contributed by atoms with van der Waals surface area (Å²) in [5.74, 6) is -2.50. The van der Waals surface area contributed by atoms with Crippen LogP contribution in [-0.4, -0.2) is 44.5 Å². The number of benzene rings is 4. The average molecular weight is 581 g/mol. The normalized spacial score (nSPS) is 11.3. The molecule has 2 heterocycles. The number of ether oxygens (including phenoxy) is 2. The molecule has 8 nitrogen and oxygen atoms in total. The summed E-state index contributed by atoms with van der Waals surface area (Å²) in [5, 5.41) is 13.7. The first-order valence-electron chi connectivity index (χ1n) is 13.4. The predicted octanol–water partition coefficient (Wildman–Crippen LogP) is 7.48. The summed E-state index contributed by atoms with van der Waals surface area (Å²) >= 11 is 0. The zero-order chi connectivity index (χ0) is 30.1. The topological polar surface area (TPSA) is 102 Å². The second-order valence-corrected chi connectivity index (χ2v) is 9.96. The summed E-state index contributed by atoms with van der Waals surface area (Å²) in [7, 11) is 1.65. The number of nitrogens with zero attached hydrogens (tertiary/aromatic N) is 3. The molecule has 0 atom stereocenters. The van der Waals surface area contributed by atoms with Gasteiger partial charge in [0.15, 0.2) is 5.82 Å². The number of methoxy groups -OCH3 is 1. The fraction of sp³-hybridized carbons (Fsp3) is 0.121. The highest BCUT2D eigenvalue weighted by Crippen LogP contribution is 2.34. The Hall–Kier alpha value is -5.35. The average Bonchev–Trinajstić information content (AvgIpc) is 3.64. The predicted molar refractivity (Wildman–Crippen MR) is 158 cm³/mol. The number of hydrogen-bond acceptors (Lipinski definition) is 5. The summed E-state index contributed by atoms with van der Waals surface area (Å²) in [6.45, 7) is 2.87. The van der Waals surface area contributed by atoms with Crippen molar-refractivity contribution < 1.29 is 28.2 Å². The van der Waals surface area contributed by atoms with Gasteiger partial charge >= 0.3 is 5.97 Å². The van der Waals surface area contributed by atoms with E-state index < -0.39 is 17.6 Å². The van der Waals surface area contributed by atoms with Gasteiger partial charge in [0.05, 0.1) is 35.5 Å². The van der Waals surface area contributed by atoms with Crippen molar-refractivity contribution in [3.63, 3.8) is 0 Å². The zero-order valence-corrected chi connectivity index (χ0v) is 23.3. The molecule has 0 saturated carbocycles. The third-order valence-corrected chi connectivity index (χ3v) is 7.21. The summed E-state index contributed by atoms with van der Waals surface area (Å²) in [4.78, 5) is 18.4. The fourth-order valence-corrected chi connectivity index (χ4v) is 4.97. The molecule has 2 aromatic heterocycles. The third-order valence-electron chi connectivity index (χ3n) is 7.21. The molecular formula is C33H26F2N4O4. The fourth-order valence-electron chi connectivity index (χ4n) is 4.97. The van der Waals surface area contributed by atoms with Crippen molar-refractivity contribution in [3.05, 3.63) is 108 Å². The Balaban J connectivity index is 1.25. The molecule has 0 saturated heterocycles. The lowest BCUT2D eigenvalue weighted by atomic mass is 9.98. The summed E-state index contributed by atoms with van der Waals surface area (Å²) in [5.41, 5.74) is 4.63. The molecule has 6 rings (SSSR count). The monoisotopic (exact) mass is 580 g/mol. The number of hydrogen-bond donors (Lipinski definition) is 2.